The van der Waals surface area contributed by atoms with Crippen molar-refractivity contribution in [1.29, 1.82) is 0 Å². The first-order chi connectivity index (χ1) is 13.4. The largest absolute Gasteiger partial charge is 0.389 e. The molecule has 0 aliphatic rings. The van der Waals surface area contributed by atoms with Gasteiger partial charge in [-0.25, -0.2) is 8.78 Å². The Morgan fingerprint density at radius 1 is 1.24 bits per heavy atom. The summed E-state index contributed by atoms with van der Waals surface area (Å²) in [4.78, 5) is 11.9. The van der Waals surface area contributed by atoms with E-state index in [9.17, 15) is 26.7 Å². The molecule has 1 aromatic carbocycles. The molecule has 0 bridgehead atoms. The highest BCUT2D eigenvalue weighted by atomic mass is 19.4. The van der Waals surface area contributed by atoms with E-state index >= 15 is 0 Å². The number of Topliss-reactive ketones (excluding diaryl/α,β-unsaturated/α-hetero) is 1. The summed E-state index contributed by atoms with van der Waals surface area (Å²) in [5.41, 5.74) is -1.69. The molecule has 0 atom stereocenters. The molecule has 1 nitrogen and oxygen atoms in total. The normalized spacial score (nSPS) is 12.6. The molecule has 29 heavy (non-hydrogen) atoms. The van der Waals surface area contributed by atoms with Gasteiger partial charge in [-0.2, -0.15) is 13.2 Å². The second-order valence-electron chi connectivity index (χ2n) is 7.02. The van der Waals surface area contributed by atoms with Gasteiger partial charge in [0.1, 0.15) is 5.82 Å². The van der Waals surface area contributed by atoms with Crippen LogP contribution in [0.25, 0.3) is 6.08 Å². The number of hydrogen-bond acceptors (Lipinski definition) is 1. The number of ketones is 1. The lowest BCUT2D eigenvalue weighted by atomic mass is 9.89. The first-order valence-electron chi connectivity index (χ1n) is 8.92. The van der Waals surface area contributed by atoms with Crippen molar-refractivity contribution in [3.8, 4) is 12.3 Å². The van der Waals surface area contributed by atoms with Gasteiger partial charge in [0.2, 0.25) is 5.78 Å². The smallest absolute Gasteiger partial charge is 0.279 e. The molecule has 0 saturated carbocycles. The summed E-state index contributed by atoms with van der Waals surface area (Å²) in [6.45, 7) is 10.2. The van der Waals surface area contributed by atoms with Crippen molar-refractivity contribution in [3.63, 3.8) is 0 Å². The SMILES string of the molecule is C#CC(=O)c1c(F)cc(C=C(CCC(F)(F)F)CC(F)(C=C)C=C)cc1C(C)C.[HH]. The van der Waals surface area contributed by atoms with Gasteiger partial charge in [-0.1, -0.05) is 56.9 Å². The molecule has 0 saturated heterocycles. The molecule has 0 aliphatic carbocycles. The van der Waals surface area contributed by atoms with Crippen molar-refractivity contribution < 1.29 is 28.2 Å². The van der Waals surface area contributed by atoms with Crippen LogP contribution in [-0.4, -0.2) is 17.6 Å². The van der Waals surface area contributed by atoms with E-state index in [1.54, 1.807) is 13.8 Å². The lowest BCUT2D eigenvalue weighted by Gasteiger charge is -2.20. The predicted molar refractivity (Wildman–Crippen MR) is 108 cm³/mol. The molecule has 1 rings (SSSR count). The Hall–Kier alpha value is -2.68. The fraction of sp³-hybridized carbons (Fsp3) is 0.348. The van der Waals surface area contributed by atoms with Crippen molar-refractivity contribution >= 4 is 11.9 Å². The van der Waals surface area contributed by atoms with Gasteiger partial charge in [0, 0.05) is 14.3 Å². The highest BCUT2D eigenvalue weighted by Crippen LogP contribution is 2.33. The van der Waals surface area contributed by atoms with Gasteiger partial charge in [0.25, 0.3) is 0 Å². The van der Waals surface area contributed by atoms with Gasteiger partial charge in [0.05, 0.1) is 5.56 Å². The summed E-state index contributed by atoms with van der Waals surface area (Å²) in [6.07, 6.45) is 1.84. The first-order valence-corrected chi connectivity index (χ1v) is 8.92. The maximum absolute atomic E-state index is 14.6. The van der Waals surface area contributed by atoms with Gasteiger partial charge < -0.3 is 0 Å². The predicted octanol–water partition coefficient (Wildman–Crippen LogP) is 7.21. The van der Waals surface area contributed by atoms with Crippen LogP contribution in [0.3, 0.4) is 0 Å². The number of alkyl halides is 4. The molecule has 0 aliphatic heterocycles. The fourth-order valence-electron chi connectivity index (χ4n) is 2.83. The van der Waals surface area contributed by atoms with Crippen LogP contribution in [0.15, 0.2) is 43.0 Å². The molecule has 0 radical (unpaired) electrons. The zero-order chi connectivity index (χ0) is 22.4. The maximum atomic E-state index is 14.6. The zero-order valence-electron chi connectivity index (χ0n) is 16.4. The lowest BCUT2D eigenvalue weighted by molar-refractivity contribution is -0.134. The molecule has 6 heteroatoms. The van der Waals surface area contributed by atoms with Crippen molar-refractivity contribution in [2.75, 3.05) is 0 Å². The third-order valence-electron chi connectivity index (χ3n) is 4.40. The first kappa shape index (κ1) is 24.4. The molecule has 0 fully saturated rings. The minimum atomic E-state index is -4.43. The van der Waals surface area contributed by atoms with Crippen LogP contribution in [-0.2, 0) is 0 Å². The van der Waals surface area contributed by atoms with Crippen LogP contribution in [0.2, 0.25) is 0 Å². The number of rotatable bonds is 9. The van der Waals surface area contributed by atoms with E-state index in [4.69, 9.17) is 6.42 Å². The average Bonchev–Trinajstić information content (AvgIpc) is 2.64. The topological polar surface area (TPSA) is 17.1 Å². The zero-order valence-corrected chi connectivity index (χ0v) is 16.4. The number of allylic oxidation sites excluding steroid dienone is 3. The molecule has 0 amide bonds. The van der Waals surface area contributed by atoms with E-state index in [1.807, 2.05) is 5.92 Å². The Labute approximate surface area is 169 Å². The quantitative estimate of drug-likeness (QED) is 0.138. The van der Waals surface area contributed by atoms with Crippen LogP contribution >= 0.6 is 0 Å². The van der Waals surface area contributed by atoms with Crippen molar-refractivity contribution in [2.45, 2.75) is 50.9 Å². The van der Waals surface area contributed by atoms with Gasteiger partial charge in [-0.15, -0.1) is 6.42 Å². The van der Waals surface area contributed by atoms with Crippen LogP contribution < -0.4 is 0 Å². The van der Waals surface area contributed by atoms with Crippen molar-refractivity contribution in [2.24, 2.45) is 0 Å². The highest BCUT2D eigenvalue weighted by Gasteiger charge is 2.29. The number of terminal acetylenes is 1. The van der Waals surface area contributed by atoms with Crippen molar-refractivity contribution in [3.05, 3.63) is 65.5 Å². The summed E-state index contributed by atoms with van der Waals surface area (Å²) in [5, 5.41) is 0. The van der Waals surface area contributed by atoms with E-state index in [0.29, 0.717) is 5.56 Å². The Morgan fingerprint density at radius 3 is 2.28 bits per heavy atom. The second-order valence-corrected chi connectivity index (χ2v) is 7.02. The van der Waals surface area contributed by atoms with Crippen LogP contribution in [0.5, 0.6) is 0 Å². The van der Waals surface area contributed by atoms with Crippen LogP contribution in [0, 0.1) is 18.2 Å². The van der Waals surface area contributed by atoms with E-state index < -0.39 is 42.7 Å². The molecular formula is C23H25F5O. The summed E-state index contributed by atoms with van der Waals surface area (Å²) in [7, 11) is 0. The lowest BCUT2D eigenvalue weighted by Crippen LogP contribution is -2.17. The third-order valence-corrected chi connectivity index (χ3v) is 4.40. The monoisotopic (exact) mass is 412 g/mol. The number of carbonyl (C=O) groups is 1. The summed E-state index contributed by atoms with van der Waals surface area (Å²) in [6, 6.07) is 2.49. The van der Waals surface area contributed by atoms with Gasteiger partial charge in [-0.3, -0.25) is 4.79 Å². The number of hydrogen-bond donors (Lipinski definition) is 0. The Kier molecular flexibility index (Phi) is 8.14. The second kappa shape index (κ2) is 9.69. The van der Waals surface area contributed by atoms with E-state index in [0.717, 1.165) is 18.2 Å². The summed E-state index contributed by atoms with van der Waals surface area (Å²) < 4.78 is 67.3. The molecule has 1 aromatic rings. The number of halogens is 5. The average molecular weight is 412 g/mol. The van der Waals surface area contributed by atoms with Gasteiger partial charge >= 0.3 is 6.18 Å². The minimum Gasteiger partial charge on any atom is -0.279 e. The van der Waals surface area contributed by atoms with E-state index in [1.165, 1.54) is 12.1 Å². The third kappa shape index (κ3) is 7.01. The molecule has 0 heterocycles. The van der Waals surface area contributed by atoms with Gasteiger partial charge in [-0.05, 0) is 35.5 Å². The molecule has 0 aromatic heterocycles. The maximum Gasteiger partial charge on any atom is 0.389 e. The van der Waals surface area contributed by atoms with Crippen LogP contribution in [0.4, 0.5) is 22.0 Å². The summed E-state index contributed by atoms with van der Waals surface area (Å²) in [5.74, 6) is -0.0979. The van der Waals surface area contributed by atoms with E-state index in [-0.39, 0.29) is 24.0 Å². The van der Waals surface area contributed by atoms with Crippen molar-refractivity contribution in [1.82, 2.24) is 0 Å². The minimum absolute atomic E-state index is 0. The fourth-order valence-corrected chi connectivity index (χ4v) is 2.83. The number of carbonyl (C=O) groups excluding carboxylic acids is 1. The Balaban J connectivity index is 0.00000841. The molecule has 158 valence electrons. The summed E-state index contributed by atoms with van der Waals surface area (Å²) >= 11 is 0. The number of benzene rings is 1. The highest BCUT2D eigenvalue weighted by molar-refractivity contribution is 6.10. The van der Waals surface area contributed by atoms with Gasteiger partial charge in [0.15, 0.2) is 5.67 Å². The van der Waals surface area contributed by atoms with Crippen LogP contribution in [0.1, 0.15) is 61.9 Å². The Morgan fingerprint density at radius 2 is 1.83 bits per heavy atom. The molecule has 0 unspecified atom stereocenters. The van der Waals surface area contributed by atoms with E-state index in [2.05, 4.69) is 13.2 Å². The molecule has 0 N–H and O–H groups in total. The Bertz CT molecular complexity index is 852. The molecule has 0 spiro atoms. The standard InChI is InChI=1S/C23H23F5O.H2/c1-6-20(29)21-18(15(4)5)12-17(13-19(21)24)11-16(9-10-23(26,27)28)14-22(25,7-2)8-3;/h1,7-8,11-13,15H,2-3,9-10,14H2,4-5H3;1H. The molecular weight excluding hydrogens is 387 g/mol.